The second-order valence-electron chi connectivity index (χ2n) is 8.10. The maximum Gasteiger partial charge on any atom is 0.328 e. The standard InChI is InChI=1S/C22H27ClFN2O8P/c1-3-19(29)34-20-16(12-32-35-31-11-14-8-15(23)5-4-13(14)10-27)33-17(22(20,2)24)9-26-7-6-18(28)25-21(26)30/h4-8,16-17,20,27,35H,3,9-12H2,1-2H3,(H,25,28,30)/t16-,17+,20-,22+/m1/s1. The number of aliphatic hydroxyl groups is 1. The number of carbonyl (C=O) groups excluding carboxylic acids is 1. The maximum atomic E-state index is 15.8. The van der Waals surface area contributed by atoms with E-state index < -0.39 is 50.2 Å². The van der Waals surface area contributed by atoms with E-state index in [2.05, 4.69) is 4.98 Å². The highest BCUT2D eigenvalue weighted by molar-refractivity contribution is 7.26. The Morgan fingerprint density at radius 1 is 1.31 bits per heavy atom. The number of aromatic amines is 1. The van der Waals surface area contributed by atoms with E-state index in [1.165, 1.54) is 13.1 Å². The number of rotatable bonds is 11. The summed E-state index contributed by atoms with van der Waals surface area (Å²) in [5, 5.41) is 9.93. The van der Waals surface area contributed by atoms with E-state index in [1.807, 2.05) is 0 Å². The summed E-state index contributed by atoms with van der Waals surface area (Å²) in [6.45, 7) is 2.43. The molecular weight excluding hydrogens is 506 g/mol. The highest BCUT2D eigenvalue weighted by Crippen LogP contribution is 2.38. The quantitative estimate of drug-likeness (QED) is 0.256. The zero-order chi connectivity index (χ0) is 25.6. The number of hydrogen-bond acceptors (Lipinski definition) is 8. The molecule has 1 aliphatic rings. The van der Waals surface area contributed by atoms with Gasteiger partial charge in [-0.1, -0.05) is 24.6 Å². The lowest BCUT2D eigenvalue weighted by atomic mass is 9.94. The van der Waals surface area contributed by atoms with Crippen LogP contribution in [0.4, 0.5) is 4.39 Å². The summed E-state index contributed by atoms with van der Waals surface area (Å²) in [4.78, 5) is 37.4. The van der Waals surface area contributed by atoms with E-state index in [0.717, 1.165) is 10.6 Å². The lowest BCUT2D eigenvalue weighted by Gasteiger charge is -2.27. The van der Waals surface area contributed by atoms with Crippen LogP contribution in [0.2, 0.25) is 5.02 Å². The highest BCUT2D eigenvalue weighted by Gasteiger charge is 2.56. The molecule has 0 bridgehead atoms. The molecule has 10 nitrogen and oxygen atoms in total. The van der Waals surface area contributed by atoms with Gasteiger partial charge in [-0.05, 0) is 30.2 Å². The smallest absolute Gasteiger partial charge is 0.328 e. The van der Waals surface area contributed by atoms with Gasteiger partial charge in [-0.15, -0.1) is 0 Å². The second kappa shape index (κ2) is 12.2. The number of benzene rings is 1. The molecule has 0 radical (unpaired) electrons. The van der Waals surface area contributed by atoms with Crippen molar-refractivity contribution in [3.8, 4) is 0 Å². The van der Waals surface area contributed by atoms with Gasteiger partial charge in [0.25, 0.3) is 5.56 Å². The molecule has 0 aliphatic carbocycles. The van der Waals surface area contributed by atoms with Crippen LogP contribution in [0.15, 0.2) is 40.1 Å². The van der Waals surface area contributed by atoms with Gasteiger partial charge in [0.15, 0.2) is 20.8 Å². The Labute approximate surface area is 207 Å². The fourth-order valence-electron chi connectivity index (χ4n) is 3.64. The highest BCUT2D eigenvalue weighted by atomic mass is 35.5. The Bertz CT molecular complexity index is 1140. The van der Waals surface area contributed by atoms with Crippen molar-refractivity contribution in [3.63, 3.8) is 0 Å². The molecule has 0 saturated carbocycles. The predicted octanol–water partition coefficient (Wildman–Crippen LogP) is 2.24. The molecule has 1 unspecified atom stereocenters. The normalized spacial score (nSPS) is 24.3. The minimum Gasteiger partial charge on any atom is -0.456 e. The molecule has 2 N–H and O–H groups in total. The van der Waals surface area contributed by atoms with E-state index in [0.29, 0.717) is 16.1 Å². The molecular formula is C22H27ClFN2O8P. The van der Waals surface area contributed by atoms with Crippen LogP contribution in [0.3, 0.4) is 0 Å². The fourth-order valence-corrected chi connectivity index (χ4v) is 4.37. The van der Waals surface area contributed by atoms with Crippen LogP contribution in [0.5, 0.6) is 0 Å². The van der Waals surface area contributed by atoms with E-state index >= 15 is 4.39 Å². The summed E-state index contributed by atoms with van der Waals surface area (Å²) >= 11 is 5.99. The van der Waals surface area contributed by atoms with E-state index in [-0.39, 0.29) is 32.8 Å². The first-order valence-electron chi connectivity index (χ1n) is 10.9. The van der Waals surface area contributed by atoms with Crippen LogP contribution in [-0.2, 0) is 43.1 Å². The minimum atomic E-state index is -2.14. The molecule has 1 aromatic heterocycles. The van der Waals surface area contributed by atoms with Crippen molar-refractivity contribution in [2.45, 2.75) is 64.0 Å². The molecule has 0 spiro atoms. The number of carbonyl (C=O) groups is 1. The number of hydrogen-bond donors (Lipinski definition) is 2. The molecule has 1 aromatic carbocycles. The third-order valence-corrected chi connectivity index (χ3v) is 6.38. The molecule has 35 heavy (non-hydrogen) atoms. The third-order valence-electron chi connectivity index (χ3n) is 5.60. The van der Waals surface area contributed by atoms with E-state index in [4.69, 9.17) is 30.1 Å². The van der Waals surface area contributed by atoms with Crippen molar-refractivity contribution in [3.05, 3.63) is 67.4 Å². The Balaban J connectivity index is 1.63. The van der Waals surface area contributed by atoms with Crippen molar-refractivity contribution >= 4 is 26.6 Å². The van der Waals surface area contributed by atoms with Crippen molar-refractivity contribution in [1.82, 2.24) is 9.55 Å². The van der Waals surface area contributed by atoms with Gasteiger partial charge >= 0.3 is 11.7 Å². The zero-order valence-electron chi connectivity index (χ0n) is 19.2. The summed E-state index contributed by atoms with van der Waals surface area (Å²) < 4.78 is 39.1. The van der Waals surface area contributed by atoms with Gasteiger partial charge in [-0.3, -0.25) is 19.1 Å². The number of esters is 1. The lowest BCUT2D eigenvalue weighted by Crippen LogP contribution is -2.47. The first-order valence-corrected chi connectivity index (χ1v) is 12.1. The van der Waals surface area contributed by atoms with Gasteiger partial charge in [0.05, 0.1) is 26.4 Å². The molecule has 3 rings (SSSR count). The summed E-state index contributed by atoms with van der Waals surface area (Å²) in [6, 6.07) is 6.17. The maximum absolute atomic E-state index is 15.8. The Kier molecular flexibility index (Phi) is 9.57. The van der Waals surface area contributed by atoms with Crippen LogP contribution in [0.1, 0.15) is 31.4 Å². The van der Waals surface area contributed by atoms with E-state index in [1.54, 1.807) is 25.1 Å². The Morgan fingerprint density at radius 2 is 2.09 bits per heavy atom. The number of nitrogens with one attached hydrogen (secondary N) is 1. The Morgan fingerprint density at radius 3 is 2.77 bits per heavy atom. The number of H-pyrrole nitrogens is 1. The van der Waals surface area contributed by atoms with Crippen molar-refractivity contribution in [1.29, 1.82) is 0 Å². The Hall–Kier alpha value is -2.14. The van der Waals surface area contributed by atoms with Gasteiger partial charge in [0.1, 0.15) is 12.2 Å². The third kappa shape index (κ3) is 6.97. The van der Waals surface area contributed by atoms with Gasteiger partial charge in [0, 0.05) is 23.7 Å². The second-order valence-corrected chi connectivity index (χ2v) is 9.28. The molecule has 1 aliphatic heterocycles. The summed E-state index contributed by atoms with van der Waals surface area (Å²) in [5.41, 5.74) is -2.07. The molecule has 2 heterocycles. The fraction of sp³-hybridized carbons (Fsp3) is 0.500. The van der Waals surface area contributed by atoms with Crippen LogP contribution in [-0.4, -0.2) is 51.2 Å². The monoisotopic (exact) mass is 532 g/mol. The zero-order valence-corrected chi connectivity index (χ0v) is 20.9. The number of ether oxygens (including phenoxy) is 2. The van der Waals surface area contributed by atoms with Gasteiger partial charge in [-0.25, -0.2) is 9.18 Å². The molecule has 5 atom stereocenters. The predicted molar refractivity (Wildman–Crippen MR) is 126 cm³/mol. The van der Waals surface area contributed by atoms with Gasteiger partial charge in [0.2, 0.25) is 0 Å². The molecule has 0 amide bonds. The molecule has 2 aromatic rings. The first-order chi connectivity index (χ1) is 16.6. The first kappa shape index (κ1) is 27.4. The number of alkyl halides is 1. The molecule has 1 saturated heterocycles. The number of aliphatic hydroxyl groups excluding tert-OH is 1. The minimum absolute atomic E-state index is 0.0435. The largest absolute Gasteiger partial charge is 0.456 e. The van der Waals surface area contributed by atoms with Crippen molar-refractivity contribution in [2.75, 3.05) is 6.61 Å². The lowest BCUT2D eigenvalue weighted by molar-refractivity contribution is -0.157. The average molecular weight is 533 g/mol. The number of aromatic nitrogens is 2. The summed E-state index contributed by atoms with van der Waals surface area (Å²) in [5.74, 6) is -0.606. The summed E-state index contributed by atoms with van der Waals surface area (Å²) in [7, 11) is -0.454. The summed E-state index contributed by atoms with van der Waals surface area (Å²) in [6.07, 6.45) is -2.11. The van der Waals surface area contributed by atoms with Gasteiger partial charge in [-0.2, -0.15) is 0 Å². The van der Waals surface area contributed by atoms with Crippen LogP contribution in [0.25, 0.3) is 0 Å². The van der Waals surface area contributed by atoms with Gasteiger partial charge < -0.3 is 23.6 Å². The number of halogens is 2. The van der Waals surface area contributed by atoms with E-state index in [9.17, 15) is 19.5 Å². The molecule has 13 heteroatoms. The molecule has 1 fully saturated rings. The van der Waals surface area contributed by atoms with Crippen molar-refractivity contribution in [2.24, 2.45) is 0 Å². The number of nitrogens with zero attached hydrogens (tertiary/aromatic N) is 1. The average Bonchev–Trinajstić information content (AvgIpc) is 3.04. The van der Waals surface area contributed by atoms with Crippen molar-refractivity contribution < 1.29 is 32.8 Å². The van der Waals surface area contributed by atoms with Crippen LogP contribution >= 0.6 is 20.6 Å². The molecule has 192 valence electrons. The topological polar surface area (TPSA) is 129 Å². The van der Waals surface area contributed by atoms with Crippen LogP contribution in [0, 0.1) is 0 Å². The SMILES string of the molecule is CCC(=O)O[C@@H]1[C@@H](COPOCc2cc(Cl)ccc2CO)O[C@@H](Cn2ccc(=O)[nH]c2=O)[C@]1(C)F. The van der Waals surface area contributed by atoms with Crippen LogP contribution < -0.4 is 11.2 Å².